The summed E-state index contributed by atoms with van der Waals surface area (Å²) < 4.78 is 0. The van der Waals surface area contributed by atoms with E-state index >= 15 is 0 Å². The van der Waals surface area contributed by atoms with Crippen LogP contribution in [0.5, 0.6) is 0 Å². The van der Waals surface area contributed by atoms with Crippen LogP contribution in [0.3, 0.4) is 0 Å². The third-order valence-corrected chi connectivity index (χ3v) is 4.24. The number of aliphatic hydroxyl groups excluding tert-OH is 1. The smallest absolute Gasteiger partial charge is 0.317 e. The number of urea groups is 1. The summed E-state index contributed by atoms with van der Waals surface area (Å²) in [6.07, 6.45) is 2.14. The molecular weight excluding hydrogens is 310 g/mol. The third-order valence-electron chi connectivity index (χ3n) is 4.24. The number of amides is 2. The van der Waals surface area contributed by atoms with Gasteiger partial charge in [0.05, 0.1) is 6.54 Å². The lowest BCUT2D eigenvalue weighted by Gasteiger charge is -2.43. The number of nitrogens with zero attached hydrogens (tertiary/aromatic N) is 2. The number of hydrogen-bond acceptors (Lipinski definition) is 4. The molecule has 2 amide bonds. The van der Waals surface area contributed by atoms with Crippen molar-refractivity contribution in [3.63, 3.8) is 0 Å². The maximum absolute atomic E-state index is 12.5. The van der Waals surface area contributed by atoms with E-state index in [0.29, 0.717) is 26.1 Å². The monoisotopic (exact) mass is 343 g/mol. The summed E-state index contributed by atoms with van der Waals surface area (Å²) in [5.74, 6) is -0.815. The highest BCUT2D eigenvalue weighted by molar-refractivity contribution is 5.74. The minimum atomic E-state index is -0.815. The number of nitrogens with one attached hydrogen (secondary N) is 1. The number of rotatable bonds is 9. The van der Waals surface area contributed by atoms with E-state index in [1.807, 2.05) is 11.8 Å². The fourth-order valence-electron chi connectivity index (χ4n) is 3.03. The average Bonchev–Trinajstić information content (AvgIpc) is 2.43. The molecule has 7 nitrogen and oxygen atoms in total. The van der Waals surface area contributed by atoms with Gasteiger partial charge in [-0.2, -0.15) is 0 Å². The van der Waals surface area contributed by atoms with Gasteiger partial charge in [0.15, 0.2) is 0 Å². The molecule has 1 aliphatic carbocycles. The second kappa shape index (κ2) is 9.22. The van der Waals surface area contributed by atoms with Gasteiger partial charge in [0.1, 0.15) is 0 Å². The molecule has 0 heterocycles. The lowest BCUT2D eigenvalue weighted by molar-refractivity contribution is -0.139. The normalized spacial score (nSPS) is 20.6. The molecule has 0 aromatic heterocycles. The van der Waals surface area contributed by atoms with Gasteiger partial charge in [0, 0.05) is 31.8 Å². The third kappa shape index (κ3) is 7.05. The Bertz CT molecular complexity index is 417. The molecule has 1 aliphatic rings. The van der Waals surface area contributed by atoms with Crippen molar-refractivity contribution < 1.29 is 19.8 Å². The van der Waals surface area contributed by atoms with Gasteiger partial charge in [-0.25, -0.2) is 4.79 Å². The quantitative estimate of drug-likeness (QED) is 0.588. The number of carbonyl (C=O) groups excluding carboxylic acids is 1. The van der Waals surface area contributed by atoms with Gasteiger partial charge in [-0.1, -0.05) is 27.7 Å². The van der Waals surface area contributed by atoms with E-state index in [4.69, 9.17) is 10.2 Å². The Hall–Kier alpha value is -1.34. The highest BCUT2D eigenvalue weighted by atomic mass is 16.4. The van der Waals surface area contributed by atoms with Crippen molar-refractivity contribution >= 4 is 12.0 Å². The van der Waals surface area contributed by atoms with Crippen LogP contribution >= 0.6 is 0 Å². The van der Waals surface area contributed by atoms with E-state index in [9.17, 15) is 9.59 Å². The second-order valence-electron chi connectivity index (χ2n) is 7.79. The highest BCUT2D eigenvalue weighted by Crippen LogP contribution is 2.26. The maximum Gasteiger partial charge on any atom is 0.317 e. The number of likely N-dealkylation sites (N-methyl/N-ethyl adjacent to an activating group) is 1. The molecule has 3 N–H and O–H groups in total. The van der Waals surface area contributed by atoms with Crippen LogP contribution in [0.2, 0.25) is 0 Å². The van der Waals surface area contributed by atoms with Crippen LogP contribution in [0.15, 0.2) is 0 Å². The largest absolute Gasteiger partial charge is 0.480 e. The molecule has 24 heavy (non-hydrogen) atoms. The van der Waals surface area contributed by atoms with Gasteiger partial charge in [0.25, 0.3) is 0 Å². The van der Waals surface area contributed by atoms with Crippen LogP contribution < -0.4 is 5.32 Å². The van der Waals surface area contributed by atoms with Gasteiger partial charge in [-0.3, -0.25) is 9.69 Å². The van der Waals surface area contributed by atoms with Crippen molar-refractivity contribution in [2.45, 2.75) is 59.0 Å². The number of aliphatic carboxylic acids is 1. The minimum absolute atomic E-state index is 0.00452. The van der Waals surface area contributed by atoms with Crippen molar-refractivity contribution in [2.24, 2.45) is 5.41 Å². The van der Waals surface area contributed by atoms with Gasteiger partial charge >= 0.3 is 12.0 Å². The van der Waals surface area contributed by atoms with Gasteiger partial charge in [0.2, 0.25) is 0 Å². The Kier molecular flexibility index (Phi) is 7.96. The van der Waals surface area contributed by atoms with E-state index in [0.717, 1.165) is 12.8 Å². The summed E-state index contributed by atoms with van der Waals surface area (Å²) in [5, 5.41) is 21.0. The van der Waals surface area contributed by atoms with Crippen molar-refractivity contribution in [3.05, 3.63) is 0 Å². The molecule has 0 aromatic carbocycles. The Morgan fingerprint density at radius 2 is 1.88 bits per heavy atom. The maximum atomic E-state index is 12.5. The molecule has 0 aliphatic heterocycles. The molecule has 7 heteroatoms. The lowest BCUT2D eigenvalue weighted by atomic mass is 9.85. The molecule has 1 rings (SSSR count). The van der Waals surface area contributed by atoms with Crippen LogP contribution in [0.25, 0.3) is 0 Å². The first kappa shape index (κ1) is 20.7. The predicted molar refractivity (Wildman–Crippen MR) is 93.0 cm³/mol. The predicted octanol–water partition coefficient (Wildman–Crippen LogP) is 1.36. The van der Waals surface area contributed by atoms with E-state index in [1.54, 1.807) is 4.90 Å². The molecule has 0 bridgehead atoms. The number of carboxylic acid groups (broad SMARTS) is 1. The molecule has 0 spiro atoms. The van der Waals surface area contributed by atoms with Crippen LogP contribution in [0, 0.1) is 5.41 Å². The summed E-state index contributed by atoms with van der Waals surface area (Å²) in [4.78, 5) is 27.0. The first-order valence-corrected chi connectivity index (χ1v) is 8.78. The van der Waals surface area contributed by atoms with Crippen LogP contribution in [0.4, 0.5) is 4.79 Å². The second-order valence-corrected chi connectivity index (χ2v) is 7.79. The Morgan fingerprint density at radius 3 is 2.33 bits per heavy atom. The summed E-state index contributed by atoms with van der Waals surface area (Å²) in [6, 6.07) is 0.231. The Labute approximate surface area is 145 Å². The number of aliphatic hydroxyl groups is 1. The summed E-state index contributed by atoms with van der Waals surface area (Å²) in [5.41, 5.74) is -0.00452. The zero-order chi connectivity index (χ0) is 18.3. The zero-order valence-corrected chi connectivity index (χ0v) is 15.4. The highest BCUT2D eigenvalue weighted by Gasteiger charge is 2.35. The van der Waals surface area contributed by atoms with E-state index in [1.165, 1.54) is 0 Å². The average molecular weight is 343 g/mol. The summed E-state index contributed by atoms with van der Waals surface area (Å²) >= 11 is 0. The van der Waals surface area contributed by atoms with Gasteiger partial charge in [-0.15, -0.1) is 0 Å². The molecule has 140 valence electrons. The Morgan fingerprint density at radius 1 is 1.25 bits per heavy atom. The zero-order valence-electron chi connectivity index (χ0n) is 15.4. The number of carbonyl (C=O) groups is 2. The molecule has 0 radical (unpaired) electrons. The lowest BCUT2D eigenvalue weighted by Crippen LogP contribution is -2.57. The standard InChI is InChI=1S/C17H33N3O4/c1-5-19(11-15(22)23)14-9-13(10-14)18-16(24)20(7-6-8-21)12-17(2,3)4/h13-14,21H,5-12H2,1-4H3,(H,18,24)(H,22,23). The van der Waals surface area contributed by atoms with Gasteiger partial charge < -0.3 is 20.4 Å². The summed E-state index contributed by atoms with van der Waals surface area (Å²) in [6.45, 7) is 10.2. The van der Waals surface area contributed by atoms with E-state index in [2.05, 4.69) is 26.1 Å². The molecule has 1 fully saturated rings. The van der Waals surface area contributed by atoms with Crippen molar-refractivity contribution in [1.82, 2.24) is 15.1 Å². The van der Waals surface area contributed by atoms with Crippen LogP contribution in [0.1, 0.15) is 47.0 Å². The van der Waals surface area contributed by atoms with E-state index in [-0.39, 0.29) is 36.7 Å². The fourth-order valence-corrected chi connectivity index (χ4v) is 3.03. The SMILES string of the molecule is CCN(CC(=O)O)C1CC(NC(=O)N(CCCO)CC(C)(C)C)C1. The molecule has 0 saturated heterocycles. The fraction of sp³-hybridized carbons (Fsp3) is 0.882. The molecule has 0 aromatic rings. The molecule has 1 saturated carbocycles. The molecule has 0 atom stereocenters. The van der Waals surface area contributed by atoms with Crippen molar-refractivity contribution in [2.75, 3.05) is 32.8 Å². The topological polar surface area (TPSA) is 93.1 Å². The first-order chi connectivity index (χ1) is 11.2. The Balaban J connectivity index is 2.47. The first-order valence-electron chi connectivity index (χ1n) is 8.78. The van der Waals surface area contributed by atoms with Crippen LogP contribution in [-0.2, 0) is 4.79 Å². The minimum Gasteiger partial charge on any atom is -0.480 e. The van der Waals surface area contributed by atoms with Crippen molar-refractivity contribution in [3.8, 4) is 0 Å². The molecular formula is C17H33N3O4. The van der Waals surface area contributed by atoms with E-state index < -0.39 is 5.97 Å². The number of carboxylic acids is 1. The molecule has 0 unspecified atom stereocenters. The van der Waals surface area contributed by atoms with Crippen LogP contribution in [-0.4, -0.2) is 76.9 Å². The summed E-state index contributed by atoms with van der Waals surface area (Å²) in [7, 11) is 0. The van der Waals surface area contributed by atoms with Crippen molar-refractivity contribution in [1.29, 1.82) is 0 Å². The van der Waals surface area contributed by atoms with Gasteiger partial charge in [-0.05, 0) is 31.2 Å². The number of hydrogen-bond donors (Lipinski definition) is 3.